The minimum atomic E-state index is -0.751. The van der Waals surface area contributed by atoms with E-state index in [1.165, 1.54) is 0 Å². The van der Waals surface area contributed by atoms with E-state index >= 15 is 0 Å². The Morgan fingerprint density at radius 3 is 2.73 bits per heavy atom. The summed E-state index contributed by atoms with van der Waals surface area (Å²) in [6.07, 6.45) is 7.43. The van der Waals surface area contributed by atoms with E-state index in [0.29, 0.717) is 0 Å². The number of rotatable bonds is 5. The van der Waals surface area contributed by atoms with Crippen LogP contribution in [0.3, 0.4) is 0 Å². The molecule has 1 fully saturated rings. The third kappa shape index (κ3) is 3.67. The van der Waals surface area contributed by atoms with E-state index in [9.17, 15) is 9.90 Å². The zero-order chi connectivity index (χ0) is 11.3. The number of carboxylic acids is 1. The van der Waals surface area contributed by atoms with Crippen LogP contribution in [-0.4, -0.2) is 22.3 Å². The summed E-state index contributed by atoms with van der Waals surface area (Å²) in [5, 5.41) is 18.5. The Morgan fingerprint density at radius 2 is 2.13 bits per heavy atom. The largest absolute Gasteiger partial charge is 0.481 e. The van der Waals surface area contributed by atoms with Gasteiger partial charge >= 0.3 is 5.97 Å². The maximum Gasteiger partial charge on any atom is 0.303 e. The molecule has 0 heterocycles. The Bertz CT molecular complexity index is 235. The van der Waals surface area contributed by atoms with Crippen LogP contribution in [0.25, 0.3) is 0 Å². The molecule has 0 amide bonds. The highest BCUT2D eigenvalue weighted by Gasteiger charge is 2.34. The van der Waals surface area contributed by atoms with E-state index in [-0.39, 0.29) is 24.4 Å². The van der Waals surface area contributed by atoms with Crippen LogP contribution in [0.4, 0.5) is 0 Å². The highest BCUT2D eigenvalue weighted by molar-refractivity contribution is 5.67. The molecule has 1 rings (SSSR count). The fraction of sp³-hybridized carbons (Fsp3) is 0.750. The molecule has 86 valence electrons. The number of aliphatic hydroxyl groups excluding tert-OH is 1. The Balaban J connectivity index is 2.48. The second kappa shape index (κ2) is 5.91. The number of aliphatic hydroxyl groups is 1. The molecule has 15 heavy (non-hydrogen) atoms. The van der Waals surface area contributed by atoms with Crippen LogP contribution in [-0.2, 0) is 4.79 Å². The Labute approximate surface area is 90.8 Å². The van der Waals surface area contributed by atoms with Gasteiger partial charge in [-0.2, -0.15) is 0 Å². The summed E-state index contributed by atoms with van der Waals surface area (Å²) >= 11 is 0. The summed E-state index contributed by atoms with van der Waals surface area (Å²) in [5.41, 5.74) is 0. The van der Waals surface area contributed by atoms with Crippen molar-refractivity contribution in [1.82, 2.24) is 0 Å². The maximum atomic E-state index is 10.6. The molecule has 3 nitrogen and oxygen atoms in total. The van der Waals surface area contributed by atoms with E-state index in [0.717, 1.165) is 25.7 Å². The number of hydrogen-bond donors (Lipinski definition) is 2. The Kier molecular flexibility index (Phi) is 4.82. The van der Waals surface area contributed by atoms with E-state index in [4.69, 9.17) is 5.11 Å². The molecule has 0 spiro atoms. The molecule has 2 N–H and O–H groups in total. The monoisotopic (exact) mass is 212 g/mol. The number of aliphatic carboxylic acids is 1. The number of carbonyl (C=O) groups is 1. The molecule has 0 aromatic rings. The highest BCUT2D eigenvalue weighted by Crippen LogP contribution is 2.36. The minimum absolute atomic E-state index is 0.142. The summed E-state index contributed by atoms with van der Waals surface area (Å²) in [6.45, 7) is 2.07. The zero-order valence-electron chi connectivity index (χ0n) is 9.22. The third-order valence-electron chi connectivity index (χ3n) is 3.18. The fourth-order valence-corrected chi connectivity index (χ4v) is 2.37. The summed E-state index contributed by atoms with van der Waals surface area (Å²) in [4.78, 5) is 10.6. The van der Waals surface area contributed by atoms with Crippen LogP contribution < -0.4 is 0 Å². The van der Waals surface area contributed by atoms with Crippen molar-refractivity contribution in [2.75, 3.05) is 0 Å². The van der Waals surface area contributed by atoms with Crippen molar-refractivity contribution in [3.8, 4) is 0 Å². The summed E-state index contributed by atoms with van der Waals surface area (Å²) in [5.74, 6) is -0.457. The topological polar surface area (TPSA) is 57.5 Å². The van der Waals surface area contributed by atoms with Crippen LogP contribution in [0.1, 0.15) is 39.0 Å². The molecule has 1 aliphatic rings. The predicted octanol–water partition coefficient (Wildman–Crippen LogP) is 2.20. The van der Waals surface area contributed by atoms with E-state index in [1.807, 2.05) is 0 Å². The van der Waals surface area contributed by atoms with E-state index in [2.05, 4.69) is 19.1 Å². The average molecular weight is 212 g/mol. The van der Waals surface area contributed by atoms with E-state index < -0.39 is 5.97 Å². The molecule has 0 aromatic carbocycles. The first-order valence-corrected chi connectivity index (χ1v) is 5.70. The smallest absolute Gasteiger partial charge is 0.303 e. The zero-order valence-corrected chi connectivity index (χ0v) is 9.22. The van der Waals surface area contributed by atoms with Gasteiger partial charge in [0.15, 0.2) is 0 Å². The lowest BCUT2D eigenvalue weighted by Gasteiger charge is -2.18. The van der Waals surface area contributed by atoms with Crippen molar-refractivity contribution < 1.29 is 15.0 Å². The molecule has 3 heteroatoms. The average Bonchev–Trinajstić information content (AvgIpc) is 2.49. The first-order valence-electron chi connectivity index (χ1n) is 5.70. The van der Waals surface area contributed by atoms with Crippen molar-refractivity contribution in [1.29, 1.82) is 0 Å². The SMILES string of the molecule is CC/C=C/C[C@H]1[C@@H](CC(=O)O)CC[C@@H]1O. The van der Waals surface area contributed by atoms with Crippen molar-refractivity contribution in [2.24, 2.45) is 11.8 Å². The molecule has 1 aliphatic carbocycles. The predicted molar refractivity (Wildman–Crippen MR) is 58.5 cm³/mol. The fourth-order valence-electron chi connectivity index (χ4n) is 2.37. The van der Waals surface area contributed by atoms with Crippen molar-refractivity contribution >= 4 is 5.97 Å². The molecule has 0 radical (unpaired) electrons. The summed E-state index contributed by atoms with van der Waals surface area (Å²) in [6, 6.07) is 0. The highest BCUT2D eigenvalue weighted by atomic mass is 16.4. The van der Waals surface area contributed by atoms with Crippen LogP contribution >= 0.6 is 0 Å². The van der Waals surface area contributed by atoms with Gasteiger partial charge in [-0.3, -0.25) is 4.79 Å². The standard InChI is InChI=1S/C12H20O3/c1-2-3-4-5-10-9(8-12(14)15)6-7-11(10)13/h3-4,9-11,13H,2,5-8H2,1H3,(H,14,15)/b4-3+/t9-,10+,11+/m1/s1. The van der Waals surface area contributed by atoms with E-state index in [1.54, 1.807) is 0 Å². The van der Waals surface area contributed by atoms with Crippen molar-refractivity contribution in [3.63, 3.8) is 0 Å². The quantitative estimate of drug-likeness (QED) is 0.687. The number of allylic oxidation sites excluding steroid dienone is 2. The maximum absolute atomic E-state index is 10.6. The van der Waals surface area contributed by atoms with Gasteiger partial charge in [0.2, 0.25) is 0 Å². The van der Waals surface area contributed by atoms with Crippen LogP contribution in [0, 0.1) is 11.8 Å². The second-order valence-electron chi connectivity index (χ2n) is 4.28. The molecule has 3 atom stereocenters. The summed E-state index contributed by atoms with van der Waals surface area (Å²) in [7, 11) is 0. The molecule has 0 aromatic heterocycles. The first-order chi connectivity index (χ1) is 7.15. The number of carboxylic acid groups (broad SMARTS) is 1. The van der Waals surface area contributed by atoms with Gasteiger partial charge in [-0.1, -0.05) is 19.1 Å². The Morgan fingerprint density at radius 1 is 1.40 bits per heavy atom. The van der Waals surface area contributed by atoms with Gasteiger partial charge in [-0.15, -0.1) is 0 Å². The lowest BCUT2D eigenvalue weighted by Crippen LogP contribution is -2.20. The Hall–Kier alpha value is -0.830. The molecule has 0 bridgehead atoms. The summed E-state index contributed by atoms with van der Waals surface area (Å²) < 4.78 is 0. The van der Waals surface area contributed by atoms with Crippen LogP contribution in [0.5, 0.6) is 0 Å². The van der Waals surface area contributed by atoms with Gasteiger partial charge in [-0.25, -0.2) is 0 Å². The van der Waals surface area contributed by atoms with Gasteiger partial charge in [0, 0.05) is 6.42 Å². The molecule has 0 saturated heterocycles. The molecular formula is C12H20O3. The van der Waals surface area contributed by atoms with Crippen molar-refractivity contribution in [3.05, 3.63) is 12.2 Å². The third-order valence-corrected chi connectivity index (χ3v) is 3.18. The van der Waals surface area contributed by atoms with Crippen molar-refractivity contribution in [2.45, 2.75) is 45.1 Å². The van der Waals surface area contributed by atoms with Crippen LogP contribution in [0.15, 0.2) is 12.2 Å². The van der Waals surface area contributed by atoms with Gasteiger partial charge in [0.05, 0.1) is 6.10 Å². The number of hydrogen-bond acceptors (Lipinski definition) is 2. The lowest BCUT2D eigenvalue weighted by atomic mass is 9.89. The normalized spacial score (nSPS) is 31.2. The lowest BCUT2D eigenvalue weighted by molar-refractivity contribution is -0.138. The molecule has 0 unspecified atom stereocenters. The van der Waals surface area contributed by atoms with Crippen LogP contribution in [0.2, 0.25) is 0 Å². The second-order valence-corrected chi connectivity index (χ2v) is 4.28. The molecule has 0 aliphatic heterocycles. The van der Waals surface area contributed by atoms with Gasteiger partial charge in [-0.05, 0) is 37.5 Å². The first kappa shape index (κ1) is 12.2. The van der Waals surface area contributed by atoms with Gasteiger partial charge in [0.25, 0.3) is 0 Å². The van der Waals surface area contributed by atoms with Gasteiger partial charge in [0.1, 0.15) is 0 Å². The minimum Gasteiger partial charge on any atom is -0.481 e. The van der Waals surface area contributed by atoms with Gasteiger partial charge < -0.3 is 10.2 Å². The molecule has 1 saturated carbocycles. The molecular weight excluding hydrogens is 192 g/mol.